The molecule has 2 unspecified atom stereocenters. The molecule has 0 fully saturated rings. The van der Waals surface area contributed by atoms with E-state index >= 15 is 0 Å². The normalized spacial score (nSPS) is 17.4. The molecule has 1 aliphatic rings. The lowest BCUT2D eigenvalue weighted by Crippen LogP contribution is -2.14. The molecular weight excluding hydrogens is 367 g/mol. The number of nitrogens with zero attached hydrogens (tertiary/aromatic N) is 2. The van der Waals surface area contributed by atoms with Gasteiger partial charge in [-0.3, -0.25) is 4.99 Å². The molecule has 1 heterocycles. The standard InChI is InChI=1S/C18H15Cl3N2O/c19-13-3-1-12(2-4-13)10-24-18(8-15-9-22-11-23-15)16-6-5-14(20)7-17(16)21/h1-7,9,11,15,18H,8,10H2. The van der Waals surface area contributed by atoms with Crippen LogP contribution in [0.5, 0.6) is 0 Å². The molecule has 0 saturated heterocycles. The van der Waals surface area contributed by atoms with Gasteiger partial charge in [0, 0.05) is 27.7 Å². The van der Waals surface area contributed by atoms with Crippen LogP contribution < -0.4 is 0 Å². The van der Waals surface area contributed by atoms with E-state index in [4.69, 9.17) is 39.5 Å². The minimum absolute atomic E-state index is 0.00744. The predicted octanol–water partition coefficient (Wildman–Crippen LogP) is 5.78. The Hall–Kier alpha value is -1.39. The van der Waals surface area contributed by atoms with Gasteiger partial charge >= 0.3 is 0 Å². The Morgan fingerprint density at radius 1 is 1.00 bits per heavy atom. The molecule has 2 aromatic carbocycles. The quantitative estimate of drug-likeness (QED) is 0.625. The monoisotopic (exact) mass is 380 g/mol. The summed E-state index contributed by atoms with van der Waals surface area (Å²) in [6.45, 7) is 0.453. The van der Waals surface area contributed by atoms with Gasteiger partial charge in [-0.15, -0.1) is 0 Å². The highest BCUT2D eigenvalue weighted by molar-refractivity contribution is 6.35. The van der Waals surface area contributed by atoms with E-state index in [1.54, 1.807) is 12.4 Å². The Bertz CT molecular complexity index is 747. The number of rotatable bonds is 6. The van der Waals surface area contributed by atoms with Crippen molar-refractivity contribution in [1.82, 2.24) is 0 Å². The van der Waals surface area contributed by atoms with Gasteiger partial charge in [0.2, 0.25) is 0 Å². The maximum Gasteiger partial charge on any atom is 0.110 e. The van der Waals surface area contributed by atoms with Crippen molar-refractivity contribution < 1.29 is 4.74 Å². The van der Waals surface area contributed by atoms with E-state index in [1.807, 2.05) is 42.6 Å². The molecule has 3 rings (SSSR count). The van der Waals surface area contributed by atoms with Gasteiger partial charge < -0.3 is 4.74 Å². The van der Waals surface area contributed by atoms with Crippen LogP contribution >= 0.6 is 34.8 Å². The summed E-state index contributed by atoms with van der Waals surface area (Å²) in [4.78, 5) is 8.34. The Morgan fingerprint density at radius 3 is 2.42 bits per heavy atom. The van der Waals surface area contributed by atoms with Crippen molar-refractivity contribution in [2.45, 2.75) is 25.2 Å². The maximum absolute atomic E-state index is 6.36. The fourth-order valence-corrected chi connectivity index (χ4v) is 3.12. The van der Waals surface area contributed by atoms with Crippen molar-refractivity contribution in [1.29, 1.82) is 0 Å². The summed E-state index contributed by atoms with van der Waals surface area (Å²) >= 11 is 18.3. The maximum atomic E-state index is 6.36. The van der Waals surface area contributed by atoms with Crippen LogP contribution in [0.15, 0.2) is 52.4 Å². The molecule has 2 atom stereocenters. The Balaban J connectivity index is 1.77. The van der Waals surface area contributed by atoms with Crippen LogP contribution in [0.2, 0.25) is 15.1 Å². The van der Waals surface area contributed by atoms with Gasteiger partial charge in [0.1, 0.15) is 6.34 Å². The van der Waals surface area contributed by atoms with Crippen molar-refractivity contribution >= 4 is 47.4 Å². The third-order valence-corrected chi connectivity index (χ3v) is 4.53. The van der Waals surface area contributed by atoms with Crippen LogP contribution in [0, 0.1) is 0 Å². The molecule has 0 N–H and O–H groups in total. The molecule has 6 heteroatoms. The first-order valence-electron chi connectivity index (χ1n) is 7.48. The topological polar surface area (TPSA) is 34.0 Å². The molecule has 0 aromatic heterocycles. The first-order valence-corrected chi connectivity index (χ1v) is 8.61. The van der Waals surface area contributed by atoms with Crippen molar-refractivity contribution in [2.75, 3.05) is 0 Å². The van der Waals surface area contributed by atoms with Gasteiger partial charge in [-0.05, 0) is 35.4 Å². The lowest BCUT2D eigenvalue weighted by Gasteiger charge is -2.21. The SMILES string of the molecule is Clc1ccc(COC(CC2C=NC=N2)c2ccc(Cl)cc2Cl)cc1. The molecule has 3 nitrogen and oxygen atoms in total. The summed E-state index contributed by atoms with van der Waals surface area (Å²) in [5.74, 6) is 0. The zero-order chi connectivity index (χ0) is 16.9. The average molecular weight is 382 g/mol. The van der Waals surface area contributed by atoms with Crippen LogP contribution in [-0.4, -0.2) is 18.6 Å². The van der Waals surface area contributed by atoms with E-state index in [-0.39, 0.29) is 12.1 Å². The molecule has 24 heavy (non-hydrogen) atoms. The summed E-state index contributed by atoms with van der Waals surface area (Å²) in [5, 5.41) is 1.88. The third-order valence-electron chi connectivity index (χ3n) is 3.71. The molecule has 0 saturated carbocycles. The highest BCUT2D eigenvalue weighted by Gasteiger charge is 2.21. The van der Waals surface area contributed by atoms with Gasteiger partial charge in [-0.1, -0.05) is 53.0 Å². The number of hydrogen-bond acceptors (Lipinski definition) is 3. The number of ether oxygens (including phenoxy) is 1. The van der Waals surface area contributed by atoms with Gasteiger partial charge in [-0.25, -0.2) is 4.99 Å². The van der Waals surface area contributed by atoms with Crippen LogP contribution in [0.25, 0.3) is 0 Å². The predicted molar refractivity (Wildman–Crippen MR) is 101 cm³/mol. The molecule has 1 aliphatic heterocycles. The fourth-order valence-electron chi connectivity index (χ4n) is 2.47. The molecule has 0 amide bonds. The number of hydrogen-bond donors (Lipinski definition) is 0. The molecule has 0 aliphatic carbocycles. The first-order chi connectivity index (χ1) is 11.6. The Kier molecular flexibility index (Phi) is 5.90. The van der Waals surface area contributed by atoms with E-state index in [9.17, 15) is 0 Å². The number of benzene rings is 2. The van der Waals surface area contributed by atoms with Gasteiger partial charge in [0.25, 0.3) is 0 Å². The third kappa shape index (κ3) is 4.58. The molecule has 0 radical (unpaired) electrons. The number of aliphatic imine (C=N–C) groups is 2. The lowest BCUT2D eigenvalue weighted by atomic mass is 10.0. The van der Waals surface area contributed by atoms with E-state index in [0.717, 1.165) is 11.1 Å². The summed E-state index contributed by atoms with van der Waals surface area (Å²) in [5.41, 5.74) is 1.93. The zero-order valence-electron chi connectivity index (χ0n) is 12.7. The second-order valence-corrected chi connectivity index (χ2v) is 6.74. The van der Waals surface area contributed by atoms with Crippen molar-refractivity contribution in [3.63, 3.8) is 0 Å². The highest BCUT2D eigenvalue weighted by Crippen LogP contribution is 2.32. The first kappa shape index (κ1) is 17.4. The van der Waals surface area contributed by atoms with Gasteiger partial charge in [0.15, 0.2) is 0 Å². The van der Waals surface area contributed by atoms with Crippen LogP contribution in [-0.2, 0) is 11.3 Å². The number of halogens is 3. The van der Waals surface area contributed by atoms with E-state index in [1.165, 1.54) is 0 Å². The van der Waals surface area contributed by atoms with Gasteiger partial charge in [0.05, 0.1) is 18.8 Å². The highest BCUT2D eigenvalue weighted by atomic mass is 35.5. The smallest absolute Gasteiger partial charge is 0.110 e. The van der Waals surface area contributed by atoms with Crippen LogP contribution in [0.4, 0.5) is 0 Å². The largest absolute Gasteiger partial charge is 0.369 e. The molecule has 2 aromatic rings. The summed E-state index contributed by atoms with van der Waals surface area (Å²) in [6.07, 6.45) is 3.82. The Labute approximate surface area is 155 Å². The van der Waals surface area contributed by atoms with E-state index in [2.05, 4.69) is 9.98 Å². The molecule has 0 bridgehead atoms. The summed E-state index contributed by atoms with van der Waals surface area (Å²) in [7, 11) is 0. The van der Waals surface area contributed by atoms with Crippen molar-refractivity contribution in [3.05, 3.63) is 68.7 Å². The van der Waals surface area contributed by atoms with Crippen LogP contribution in [0.3, 0.4) is 0 Å². The molecule has 0 spiro atoms. The minimum Gasteiger partial charge on any atom is -0.369 e. The second-order valence-electron chi connectivity index (χ2n) is 5.46. The summed E-state index contributed by atoms with van der Waals surface area (Å²) < 4.78 is 6.13. The minimum atomic E-state index is -0.211. The molecule has 124 valence electrons. The molecular formula is C18H15Cl3N2O. The van der Waals surface area contributed by atoms with Gasteiger partial charge in [-0.2, -0.15) is 0 Å². The van der Waals surface area contributed by atoms with Crippen molar-refractivity contribution in [2.24, 2.45) is 9.98 Å². The van der Waals surface area contributed by atoms with E-state index in [0.29, 0.717) is 28.1 Å². The Morgan fingerprint density at radius 2 is 1.75 bits per heavy atom. The average Bonchev–Trinajstić information content (AvgIpc) is 3.06. The zero-order valence-corrected chi connectivity index (χ0v) is 15.0. The lowest BCUT2D eigenvalue weighted by molar-refractivity contribution is 0.0334. The second kappa shape index (κ2) is 8.13. The van der Waals surface area contributed by atoms with Crippen molar-refractivity contribution in [3.8, 4) is 0 Å². The van der Waals surface area contributed by atoms with Crippen LogP contribution in [0.1, 0.15) is 23.7 Å². The summed E-state index contributed by atoms with van der Waals surface area (Å²) in [6, 6.07) is 13.0. The fraction of sp³-hybridized carbons (Fsp3) is 0.222. The van der Waals surface area contributed by atoms with E-state index < -0.39 is 0 Å².